The number of aliphatic hydroxyl groups excluding tert-OH is 1. The maximum absolute atomic E-state index is 13.0. The van der Waals surface area contributed by atoms with E-state index < -0.39 is 21.9 Å². The van der Waals surface area contributed by atoms with Crippen LogP contribution in [0, 0.1) is 11.7 Å². The van der Waals surface area contributed by atoms with Gasteiger partial charge in [0.2, 0.25) is 15.9 Å². The van der Waals surface area contributed by atoms with Gasteiger partial charge in [0, 0.05) is 12.5 Å². The van der Waals surface area contributed by atoms with Crippen LogP contribution in [0.4, 0.5) is 4.39 Å². The van der Waals surface area contributed by atoms with E-state index in [0.717, 1.165) is 37.8 Å². The summed E-state index contributed by atoms with van der Waals surface area (Å²) in [7, 11) is -3.71. The van der Waals surface area contributed by atoms with Gasteiger partial charge in [-0.1, -0.05) is 12.8 Å². The zero-order chi connectivity index (χ0) is 20.9. The first kappa shape index (κ1) is 22.1. The number of amides is 1. The third kappa shape index (κ3) is 5.97. The SMILES string of the molecule is O=C(N[C@@H]1CC[C@@H](CCNS(=O)(=O)c2ccc(F)cc2)O[C@@H]1CO)C1CCCC1. The summed E-state index contributed by atoms with van der Waals surface area (Å²) in [6, 6.07) is 4.41. The number of sulfonamides is 1. The number of nitrogens with one attached hydrogen (secondary N) is 2. The van der Waals surface area contributed by atoms with Crippen LogP contribution in [0.3, 0.4) is 0 Å². The second kappa shape index (κ2) is 9.97. The largest absolute Gasteiger partial charge is 0.394 e. The lowest BCUT2D eigenvalue weighted by Gasteiger charge is -2.36. The van der Waals surface area contributed by atoms with Crippen LogP contribution in [0.25, 0.3) is 0 Å². The molecule has 1 heterocycles. The van der Waals surface area contributed by atoms with Gasteiger partial charge in [0.05, 0.1) is 23.6 Å². The minimum absolute atomic E-state index is 0.00591. The highest BCUT2D eigenvalue weighted by atomic mass is 32.2. The van der Waals surface area contributed by atoms with Crippen molar-refractivity contribution < 1.29 is 27.4 Å². The smallest absolute Gasteiger partial charge is 0.240 e. The van der Waals surface area contributed by atoms with Gasteiger partial charge in [-0.15, -0.1) is 0 Å². The zero-order valence-corrected chi connectivity index (χ0v) is 17.2. The number of hydrogen-bond acceptors (Lipinski definition) is 5. The Morgan fingerprint density at radius 1 is 1.14 bits per heavy atom. The standard InChI is InChI=1S/C20H29FN2O5S/c21-15-5-8-17(9-6-15)29(26,27)22-12-11-16-7-10-18(19(13-24)28-16)23-20(25)14-3-1-2-4-14/h5-6,8-9,14,16,18-19,22,24H,1-4,7,10-13H2,(H,23,25)/t16-,18+,19+/m0/s1. The first-order valence-corrected chi connectivity index (χ1v) is 11.7. The summed E-state index contributed by atoms with van der Waals surface area (Å²) in [4.78, 5) is 12.4. The lowest BCUT2D eigenvalue weighted by Crippen LogP contribution is -2.52. The Bertz CT molecular complexity index is 781. The van der Waals surface area contributed by atoms with Crippen molar-refractivity contribution in [3.8, 4) is 0 Å². The topological polar surface area (TPSA) is 105 Å². The number of benzene rings is 1. The fourth-order valence-corrected chi connectivity index (χ4v) is 5.10. The predicted octanol–water partition coefficient (Wildman–Crippen LogP) is 1.71. The lowest BCUT2D eigenvalue weighted by atomic mass is 9.96. The second-order valence-electron chi connectivity index (χ2n) is 7.79. The molecule has 3 rings (SSSR count). The van der Waals surface area contributed by atoms with Gasteiger partial charge < -0.3 is 15.2 Å². The van der Waals surface area contributed by atoms with E-state index in [-0.39, 0.29) is 42.0 Å². The molecule has 162 valence electrons. The summed E-state index contributed by atoms with van der Waals surface area (Å²) in [6.45, 7) is -0.0327. The molecule has 1 amide bonds. The van der Waals surface area contributed by atoms with Gasteiger partial charge in [-0.05, 0) is 56.4 Å². The Kier molecular flexibility index (Phi) is 7.61. The Labute approximate surface area is 171 Å². The molecule has 3 atom stereocenters. The van der Waals surface area contributed by atoms with E-state index in [1.807, 2.05) is 0 Å². The fourth-order valence-electron chi connectivity index (χ4n) is 4.05. The van der Waals surface area contributed by atoms with Gasteiger partial charge in [0.1, 0.15) is 11.9 Å². The number of aliphatic hydroxyl groups is 1. The molecule has 1 aliphatic heterocycles. The van der Waals surface area contributed by atoms with E-state index in [2.05, 4.69) is 10.0 Å². The third-order valence-corrected chi connectivity index (χ3v) is 7.21. The fraction of sp³-hybridized carbons (Fsp3) is 0.650. The van der Waals surface area contributed by atoms with Gasteiger partial charge in [0.15, 0.2) is 0 Å². The number of ether oxygens (including phenoxy) is 1. The Hall–Kier alpha value is -1.55. The normalized spacial score (nSPS) is 25.8. The van der Waals surface area contributed by atoms with Crippen LogP contribution in [0.5, 0.6) is 0 Å². The molecular formula is C20H29FN2O5S. The molecule has 1 aromatic rings. The average Bonchev–Trinajstić information content (AvgIpc) is 3.24. The van der Waals surface area contributed by atoms with Crippen molar-refractivity contribution in [3.05, 3.63) is 30.1 Å². The molecule has 0 bridgehead atoms. The minimum atomic E-state index is -3.71. The molecule has 0 radical (unpaired) electrons. The molecule has 0 spiro atoms. The molecule has 1 aromatic carbocycles. The summed E-state index contributed by atoms with van der Waals surface area (Å²) in [5.74, 6) is -0.392. The molecule has 0 unspecified atom stereocenters. The molecule has 3 N–H and O–H groups in total. The van der Waals surface area contributed by atoms with Gasteiger partial charge in [-0.2, -0.15) is 0 Å². The van der Waals surface area contributed by atoms with E-state index in [4.69, 9.17) is 4.74 Å². The maximum Gasteiger partial charge on any atom is 0.240 e. The summed E-state index contributed by atoms with van der Waals surface area (Å²) in [5, 5.41) is 12.7. The Morgan fingerprint density at radius 3 is 2.48 bits per heavy atom. The highest BCUT2D eigenvalue weighted by Gasteiger charge is 2.33. The number of halogens is 1. The monoisotopic (exact) mass is 428 g/mol. The minimum Gasteiger partial charge on any atom is -0.394 e. The summed E-state index contributed by atoms with van der Waals surface area (Å²) >= 11 is 0. The van der Waals surface area contributed by atoms with E-state index in [1.54, 1.807) is 0 Å². The maximum atomic E-state index is 13.0. The first-order chi connectivity index (χ1) is 13.9. The van der Waals surface area contributed by atoms with Crippen molar-refractivity contribution in [3.63, 3.8) is 0 Å². The molecule has 9 heteroatoms. The van der Waals surface area contributed by atoms with Crippen LogP contribution >= 0.6 is 0 Å². The Morgan fingerprint density at radius 2 is 1.83 bits per heavy atom. The average molecular weight is 429 g/mol. The van der Waals surface area contributed by atoms with Crippen LogP contribution in [0.1, 0.15) is 44.9 Å². The van der Waals surface area contributed by atoms with Crippen LogP contribution in [0.15, 0.2) is 29.2 Å². The van der Waals surface area contributed by atoms with Crippen LogP contribution in [-0.4, -0.2) is 50.8 Å². The van der Waals surface area contributed by atoms with E-state index in [1.165, 1.54) is 12.1 Å². The van der Waals surface area contributed by atoms with E-state index >= 15 is 0 Å². The molecule has 7 nitrogen and oxygen atoms in total. The summed E-state index contributed by atoms with van der Waals surface area (Å²) in [5.41, 5.74) is 0. The molecule has 0 aromatic heterocycles. The van der Waals surface area contributed by atoms with Crippen LogP contribution in [-0.2, 0) is 19.6 Å². The highest BCUT2D eigenvalue weighted by Crippen LogP contribution is 2.27. The van der Waals surface area contributed by atoms with Crippen molar-refractivity contribution in [2.24, 2.45) is 5.92 Å². The Balaban J connectivity index is 1.45. The lowest BCUT2D eigenvalue weighted by molar-refractivity contribution is -0.131. The molecule has 1 saturated heterocycles. The molecule has 2 fully saturated rings. The van der Waals surface area contributed by atoms with Crippen molar-refractivity contribution in [1.29, 1.82) is 0 Å². The van der Waals surface area contributed by atoms with Crippen molar-refractivity contribution in [2.45, 2.75) is 68.1 Å². The highest BCUT2D eigenvalue weighted by molar-refractivity contribution is 7.89. The van der Waals surface area contributed by atoms with E-state index in [9.17, 15) is 22.7 Å². The predicted molar refractivity (Wildman–Crippen MR) is 105 cm³/mol. The van der Waals surface area contributed by atoms with Crippen molar-refractivity contribution in [2.75, 3.05) is 13.2 Å². The summed E-state index contributed by atoms with van der Waals surface area (Å²) in [6.07, 6.45) is 5.09. The van der Waals surface area contributed by atoms with Crippen LogP contribution in [0.2, 0.25) is 0 Å². The number of rotatable bonds is 8. The third-order valence-electron chi connectivity index (χ3n) is 5.73. The van der Waals surface area contributed by atoms with Gasteiger partial charge in [-0.3, -0.25) is 4.79 Å². The van der Waals surface area contributed by atoms with Crippen molar-refractivity contribution in [1.82, 2.24) is 10.0 Å². The quantitative estimate of drug-likeness (QED) is 0.585. The first-order valence-electron chi connectivity index (χ1n) is 10.2. The van der Waals surface area contributed by atoms with E-state index in [0.29, 0.717) is 19.3 Å². The number of hydrogen-bond donors (Lipinski definition) is 3. The van der Waals surface area contributed by atoms with Crippen molar-refractivity contribution >= 4 is 15.9 Å². The second-order valence-corrected chi connectivity index (χ2v) is 9.56. The molecule has 2 aliphatic rings. The van der Waals surface area contributed by atoms with Gasteiger partial charge in [-0.25, -0.2) is 17.5 Å². The molecule has 1 aliphatic carbocycles. The molecular weight excluding hydrogens is 399 g/mol. The molecule has 29 heavy (non-hydrogen) atoms. The van der Waals surface area contributed by atoms with Crippen LogP contribution < -0.4 is 10.0 Å². The number of carbonyl (C=O) groups excluding carboxylic acids is 1. The number of carbonyl (C=O) groups is 1. The zero-order valence-electron chi connectivity index (χ0n) is 16.3. The van der Waals surface area contributed by atoms with Gasteiger partial charge >= 0.3 is 0 Å². The molecule has 1 saturated carbocycles. The van der Waals surface area contributed by atoms with Gasteiger partial charge in [0.25, 0.3) is 0 Å². The summed E-state index contributed by atoms with van der Waals surface area (Å²) < 4.78 is 45.8.